The summed E-state index contributed by atoms with van der Waals surface area (Å²) in [6.07, 6.45) is 74.5. The second-order valence-electron chi connectivity index (χ2n) is 25.9. The fraction of sp³-hybridized carbons (Fsp3) is 0.931. The van der Waals surface area contributed by atoms with E-state index in [2.05, 4.69) is 26.0 Å². The van der Waals surface area contributed by atoms with Crippen LogP contribution in [0.2, 0.25) is 0 Å². The molecule has 0 radical (unpaired) electrons. The van der Waals surface area contributed by atoms with E-state index in [4.69, 9.17) is 18.9 Å². The van der Waals surface area contributed by atoms with Gasteiger partial charge in [0.25, 0.3) is 0 Å². The largest absolute Gasteiger partial charge is 0.545 e. The van der Waals surface area contributed by atoms with Crippen molar-refractivity contribution < 1.29 is 42.9 Å². The van der Waals surface area contributed by atoms with Gasteiger partial charge in [-0.2, -0.15) is 0 Å². The Morgan fingerprint density at radius 1 is 0.358 bits per heavy atom. The normalized spacial score (nSPS) is 12.7. The second-order valence-corrected chi connectivity index (χ2v) is 25.9. The molecule has 0 fully saturated rings. The fourth-order valence-electron chi connectivity index (χ4n) is 11.0. The van der Waals surface area contributed by atoms with E-state index in [1.807, 2.05) is 21.1 Å². The van der Waals surface area contributed by atoms with Crippen LogP contribution in [0.4, 0.5) is 0 Å². The number of hydrogen-bond acceptors (Lipinski definition) is 8. The molecule has 0 amide bonds. The van der Waals surface area contributed by atoms with Crippen LogP contribution in [0, 0.1) is 0 Å². The number of allylic oxidation sites excluding steroid dienone is 2. The van der Waals surface area contributed by atoms with E-state index in [9.17, 15) is 19.5 Å². The lowest BCUT2D eigenvalue weighted by Crippen LogP contribution is -2.44. The van der Waals surface area contributed by atoms with E-state index in [0.29, 0.717) is 17.4 Å². The predicted molar refractivity (Wildman–Crippen MR) is 343 cm³/mol. The van der Waals surface area contributed by atoms with Crippen molar-refractivity contribution in [3.8, 4) is 0 Å². The number of hydrogen-bond donors (Lipinski definition) is 0. The lowest BCUT2D eigenvalue weighted by atomic mass is 10.0. The lowest BCUT2D eigenvalue weighted by molar-refractivity contribution is -0.870. The summed E-state index contributed by atoms with van der Waals surface area (Å²) in [6, 6.07) is 0. The van der Waals surface area contributed by atoms with Gasteiger partial charge in [0.15, 0.2) is 12.4 Å². The van der Waals surface area contributed by atoms with Gasteiger partial charge in [-0.15, -0.1) is 0 Å². The van der Waals surface area contributed by atoms with Gasteiger partial charge in [-0.3, -0.25) is 9.59 Å². The van der Waals surface area contributed by atoms with Gasteiger partial charge in [0.1, 0.15) is 13.2 Å². The number of rotatable bonds is 68. The molecule has 9 heteroatoms. The van der Waals surface area contributed by atoms with Crippen molar-refractivity contribution in [2.45, 2.75) is 386 Å². The molecule has 81 heavy (non-hydrogen) atoms. The van der Waals surface area contributed by atoms with Crippen molar-refractivity contribution in [2.24, 2.45) is 0 Å². The van der Waals surface area contributed by atoms with Crippen LogP contribution in [0.15, 0.2) is 12.2 Å². The molecule has 2 unspecified atom stereocenters. The van der Waals surface area contributed by atoms with Gasteiger partial charge in [0.2, 0.25) is 0 Å². The summed E-state index contributed by atoms with van der Waals surface area (Å²) in [5, 5.41) is 11.8. The van der Waals surface area contributed by atoms with Gasteiger partial charge in [0.05, 0.1) is 40.3 Å². The maximum absolute atomic E-state index is 12.9. The van der Waals surface area contributed by atoms with Crippen LogP contribution in [0.5, 0.6) is 0 Å². The molecule has 0 aliphatic heterocycles. The Bertz CT molecular complexity index is 1330. The average Bonchev–Trinajstić information content (AvgIpc) is 3.44. The Kier molecular flexibility index (Phi) is 62.5. The zero-order chi connectivity index (χ0) is 59.1. The predicted octanol–water partition coefficient (Wildman–Crippen LogP) is 20.7. The molecule has 0 spiro atoms. The Labute approximate surface area is 504 Å². The molecular weight excluding hydrogens is 1010 g/mol. The van der Waals surface area contributed by atoms with Crippen LogP contribution in [0.1, 0.15) is 373 Å². The molecule has 0 aliphatic rings. The molecule has 0 aliphatic carbocycles. The number of likely N-dealkylation sites (N-methyl/N-ethyl adjacent to an activating group) is 1. The highest BCUT2D eigenvalue weighted by molar-refractivity contribution is 5.70. The summed E-state index contributed by atoms with van der Waals surface area (Å²) < 4.78 is 22.8. The van der Waals surface area contributed by atoms with E-state index < -0.39 is 24.3 Å². The maximum atomic E-state index is 12.9. The molecular formula is C72H139NO8. The van der Waals surface area contributed by atoms with Crippen LogP contribution in [0.25, 0.3) is 0 Å². The third-order valence-corrected chi connectivity index (χ3v) is 16.5. The number of carbonyl (C=O) groups is 3. The van der Waals surface area contributed by atoms with Crippen molar-refractivity contribution in [1.82, 2.24) is 0 Å². The van der Waals surface area contributed by atoms with Gasteiger partial charge < -0.3 is 33.3 Å². The minimum Gasteiger partial charge on any atom is -0.545 e. The van der Waals surface area contributed by atoms with Gasteiger partial charge in [-0.05, 0) is 38.5 Å². The van der Waals surface area contributed by atoms with Crippen molar-refractivity contribution in [1.29, 1.82) is 0 Å². The Balaban J connectivity index is 3.99. The van der Waals surface area contributed by atoms with E-state index in [0.717, 1.165) is 38.5 Å². The number of nitrogens with zero attached hydrogens (tertiary/aromatic N) is 1. The first-order chi connectivity index (χ1) is 39.6. The number of carboxylic acids is 1. The van der Waals surface area contributed by atoms with Crippen LogP contribution < -0.4 is 5.11 Å². The van der Waals surface area contributed by atoms with Gasteiger partial charge in [-0.1, -0.05) is 334 Å². The van der Waals surface area contributed by atoms with Crippen LogP contribution >= 0.6 is 0 Å². The number of esters is 2. The third-order valence-electron chi connectivity index (χ3n) is 16.5. The molecule has 0 rings (SSSR count). The molecule has 0 heterocycles. The molecule has 0 aromatic carbocycles. The lowest BCUT2D eigenvalue weighted by Gasteiger charge is -2.26. The van der Waals surface area contributed by atoms with Gasteiger partial charge in [-0.25, -0.2) is 0 Å². The highest BCUT2D eigenvalue weighted by atomic mass is 16.7. The molecule has 0 saturated heterocycles. The van der Waals surface area contributed by atoms with E-state index in [-0.39, 0.29) is 32.2 Å². The summed E-state index contributed by atoms with van der Waals surface area (Å²) in [4.78, 5) is 37.5. The molecule has 480 valence electrons. The summed E-state index contributed by atoms with van der Waals surface area (Å²) in [5.74, 6) is -2.25. The monoisotopic (exact) mass is 1150 g/mol. The van der Waals surface area contributed by atoms with Gasteiger partial charge >= 0.3 is 11.9 Å². The molecule has 0 saturated carbocycles. The number of carboxylic acid groups (broad SMARTS) is 1. The summed E-state index contributed by atoms with van der Waals surface area (Å²) >= 11 is 0. The summed E-state index contributed by atoms with van der Waals surface area (Å²) in [5.41, 5.74) is 0. The van der Waals surface area contributed by atoms with E-state index in [1.165, 1.54) is 308 Å². The zero-order valence-corrected chi connectivity index (χ0v) is 54.9. The number of unbranched alkanes of at least 4 members (excludes halogenated alkanes) is 51. The third kappa shape index (κ3) is 65.4. The smallest absolute Gasteiger partial charge is 0.306 e. The molecule has 2 atom stereocenters. The minimum absolute atomic E-state index is 0.153. The zero-order valence-electron chi connectivity index (χ0n) is 54.9. The second kappa shape index (κ2) is 64.0. The molecule has 0 N–H and O–H groups in total. The minimum atomic E-state index is -1.62. The Hall–Kier alpha value is -1.97. The first kappa shape index (κ1) is 79.0. The number of quaternary nitrogens is 1. The van der Waals surface area contributed by atoms with Crippen molar-refractivity contribution >= 4 is 17.9 Å². The first-order valence-electron chi connectivity index (χ1n) is 35.8. The maximum Gasteiger partial charge on any atom is 0.306 e. The van der Waals surface area contributed by atoms with E-state index in [1.54, 1.807) is 0 Å². The molecule has 0 bridgehead atoms. The number of ether oxygens (including phenoxy) is 4. The quantitative estimate of drug-likeness (QED) is 0.0195. The molecule has 9 nitrogen and oxygen atoms in total. The SMILES string of the molecule is CCCCCCCCCC/C=C\CCCCCCCCCCCCCCCCCCCCCCCCCC(=O)OC(COC(=O)CCCCCCCCCCCCCCCCCCCCCCC)COC(OCC[N+](C)(C)C)C(=O)[O-]. The Morgan fingerprint density at radius 2 is 0.630 bits per heavy atom. The van der Waals surface area contributed by atoms with Crippen LogP contribution in [0.3, 0.4) is 0 Å². The topological polar surface area (TPSA) is 111 Å². The Morgan fingerprint density at radius 3 is 0.914 bits per heavy atom. The first-order valence-corrected chi connectivity index (χ1v) is 35.8. The molecule has 0 aromatic rings. The van der Waals surface area contributed by atoms with Gasteiger partial charge in [0, 0.05) is 12.8 Å². The van der Waals surface area contributed by atoms with Crippen molar-refractivity contribution in [2.75, 3.05) is 47.5 Å². The van der Waals surface area contributed by atoms with Crippen molar-refractivity contribution in [3.05, 3.63) is 12.2 Å². The molecule has 0 aromatic heterocycles. The highest BCUT2D eigenvalue weighted by Gasteiger charge is 2.22. The standard InChI is InChI=1S/C72H139NO8/c1-6-8-10-12-14-16-18-20-22-24-26-28-29-30-31-32-33-34-35-36-37-38-39-40-41-43-45-47-49-51-53-55-57-59-61-63-70(75)81-68(67-80-72(71(76)77)78-65-64-73(3,4)5)66-79-69(74)62-60-58-56-54-52-50-48-46-44-42-27-25-23-21-19-17-15-13-11-9-7-2/h24,26,68,72H,6-23,25,27-67H2,1-5H3/b26-24-. The van der Waals surface area contributed by atoms with Crippen LogP contribution in [-0.2, 0) is 33.3 Å². The van der Waals surface area contributed by atoms with Crippen molar-refractivity contribution in [3.63, 3.8) is 0 Å². The summed E-state index contributed by atoms with van der Waals surface area (Å²) in [6.45, 7) is 4.83. The van der Waals surface area contributed by atoms with Crippen LogP contribution in [-0.4, -0.2) is 82.3 Å². The fourth-order valence-corrected chi connectivity index (χ4v) is 11.0. The highest BCUT2D eigenvalue weighted by Crippen LogP contribution is 2.19. The summed E-state index contributed by atoms with van der Waals surface area (Å²) in [7, 11) is 5.95. The number of carbonyl (C=O) groups excluding carboxylic acids is 3. The van der Waals surface area contributed by atoms with E-state index >= 15 is 0 Å². The number of aliphatic carboxylic acids is 1. The average molecular weight is 1150 g/mol.